The van der Waals surface area contributed by atoms with Crippen molar-refractivity contribution in [3.05, 3.63) is 47.5 Å². The fraction of sp³-hybridized carbons (Fsp3) is 0.300. The van der Waals surface area contributed by atoms with Gasteiger partial charge in [-0.3, -0.25) is 9.52 Å². The first kappa shape index (κ1) is 22.5. The molecule has 0 atom stereocenters. The van der Waals surface area contributed by atoms with Gasteiger partial charge in [0.1, 0.15) is 5.52 Å². The van der Waals surface area contributed by atoms with Crippen molar-refractivity contribution in [2.45, 2.75) is 30.4 Å². The fourth-order valence-corrected chi connectivity index (χ4v) is 4.54. The van der Waals surface area contributed by atoms with Gasteiger partial charge in [-0.25, -0.2) is 13.4 Å². The van der Waals surface area contributed by atoms with E-state index in [0.29, 0.717) is 33.8 Å². The first-order valence-corrected chi connectivity index (χ1v) is 12.2. The van der Waals surface area contributed by atoms with E-state index >= 15 is 0 Å². The molecule has 10 heteroatoms. The minimum Gasteiger partial charge on any atom is -0.431 e. The van der Waals surface area contributed by atoms with Crippen molar-refractivity contribution in [2.75, 3.05) is 17.0 Å². The normalized spacial score (nSPS) is 11.7. The molecule has 2 aromatic carbocycles. The molecule has 30 heavy (non-hydrogen) atoms. The molecule has 2 N–H and O–H groups in total. The maximum absolute atomic E-state index is 12.7. The highest BCUT2D eigenvalue weighted by molar-refractivity contribution is 7.99. The van der Waals surface area contributed by atoms with Crippen LogP contribution in [0, 0.1) is 5.92 Å². The van der Waals surface area contributed by atoms with Crippen molar-refractivity contribution in [3.63, 3.8) is 0 Å². The van der Waals surface area contributed by atoms with Crippen LogP contribution >= 0.6 is 23.4 Å². The average molecular weight is 468 g/mol. The van der Waals surface area contributed by atoms with Gasteiger partial charge in [-0.1, -0.05) is 49.3 Å². The highest BCUT2D eigenvalue weighted by atomic mass is 35.5. The van der Waals surface area contributed by atoms with Gasteiger partial charge in [-0.15, -0.1) is 0 Å². The third kappa shape index (κ3) is 5.90. The van der Waals surface area contributed by atoms with E-state index in [0.717, 1.165) is 18.2 Å². The first-order chi connectivity index (χ1) is 14.2. The molecule has 0 spiro atoms. The number of hydrogen-bond donors (Lipinski definition) is 2. The van der Waals surface area contributed by atoms with Crippen LogP contribution in [-0.4, -0.2) is 31.6 Å². The summed E-state index contributed by atoms with van der Waals surface area (Å²) in [5.41, 5.74) is 1.12. The van der Waals surface area contributed by atoms with Crippen LogP contribution in [0.3, 0.4) is 0 Å². The molecule has 160 valence electrons. The van der Waals surface area contributed by atoms with Gasteiger partial charge < -0.3 is 9.73 Å². The number of benzene rings is 2. The van der Waals surface area contributed by atoms with Crippen LogP contribution in [0.15, 0.2) is 57.0 Å². The molecule has 0 radical (unpaired) electrons. The molecule has 0 unspecified atom stereocenters. The molecule has 0 aliphatic heterocycles. The maximum atomic E-state index is 12.7. The van der Waals surface area contributed by atoms with Gasteiger partial charge in [0.25, 0.3) is 15.2 Å². The molecular formula is C20H22ClN3O4S2. The number of nitrogens with zero attached hydrogens (tertiary/aromatic N) is 1. The first-order valence-electron chi connectivity index (χ1n) is 9.32. The van der Waals surface area contributed by atoms with Gasteiger partial charge in [-0.2, -0.15) is 0 Å². The Labute approximate surface area is 184 Å². The van der Waals surface area contributed by atoms with Crippen LogP contribution in [0.2, 0.25) is 5.02 Å². The largest absolute Gasteiger partial charge is 0.431 e. The zero-order valence-electron chi connectivity index (χ0n) is 16.5. The summed E-state index contributed by atoms with van der Waals surface area (Å²) in [6.45, 7) is 4.82. The number of oxazole rings is 1. The molecule has 3 rings (SSSR count). The molecule has 3 aromatic rings. The Balaban J connectivity index is 1.68. The smallest absolute Gasteiger partial charge is 0.262 e. The molecule has 1 amide bonds. The van der Waals surface area contributed by atoms with E-state index in [-0.39, 0.29) is 22.2 Å². The maximum Gasteiger partial charge on any atom is 0.262 e. The lowest BCUT2D eigenvalue weighted by molar-refractivity contribution is -0.118. The van der Waals surface area contributed by atoms with Crippen LogP contribution in [-0.2, 0) is 14.8 Å². The number of carbonyl (C=O) groups is 1. The van der Waals surface area contributed by atoms with E-state index in [4.69, 9.17) is 16.0 Å². The Kier molecular flexibility index (Phi) is 7.27. The lowest BCUT2D eigenvalue weighted by Gasteiger charge is -2.09. The van der Waals surface area contributed by atoms with Gasteiger partial charge in [-0.05, 0) is 36.6 Å². The number of rotatable bonds is 9. The molecule has 0 fully saturated rings. The van der Waals surface area contributed by atoms with Crippen LogP contribution in [0.4, 0.5) is 5.69 Å². The van der Waals surface area contributed by atoms with E-state index in [1.165, 1.54) is 12.1 Å². The number of thioether (sulfide) groups is 1. The Bertz CT molecular complexity index is 1150. The Morgan fingerprint density at radius 3 is 2.73 bits per heavy atom. The Morgan fingerprint density at radius 1 is 1.23 bits per heavy atom. The standard InChI is InChI=1S/C20H22ClN3O4S2/c1-13(2)9-10-22-19(25)12-29-20-23-17-8-7-14(11-18(17)28-20)30(26,27)24-16-6-4-3-5-15(16)21/h3-8,11,13,24H,9-10,12H2,1-2H3,(H,22,25). The predicted molar refractivity (Wildman–Crippen MR) is 119 cm³/mol. The molecule has 0 aliphatic rings. The zero-order valence-corrected chi connectivity index (χ0v) is 18.9. The van der Waals surface area contributed by atoms with Crippen molar-refractivity contribution in [2.24, 2.45) is 5.92 Å². The average Bonchev–Trinajstić information content (AvgIpc) is 3.10. The molecule has 0 aliphatic carbocycles. The van der Waals surface area contributed by atoms with Crippen molar-refractivity contribution in [1.29, 1.82) is 0 Å². The monoisotopic (exact) mass is 467 g/mol. The SMILES string of the molecule is CC(C)CCNC(=O)CSc1nc2ccc(S(=O)(=O)Nc3ccccc3Cl)cc2o1. The minimum absolute atomic E-state index is 0.0223. The van der Waals surface area contributed by atoms with E-state index in [1.807, 2.05) is 0 Å². The summed E-state index contributed by atoms with van der Waals surface area (Å²) in [7, 11) is -3.85. The zero-order chi connectivity index (χ0) is 21.7. The highest BCUT2D eigenvalue weighted by Crippen LogP contribution is 2.28. The minimum atomic E-state index is -3.85. The number of fused-ring (bicyclic) bond motifs is 1. The van der Waals surface area contributed by atoms with E-state index in [9.17, 15) is 13.2 Å². The number of aromatic nitrogens is 1. The lowest BCUT2D eigenvalue weighted by Crippen LogP contribution is -2.26. The van der Waals surface area contributed by atoms with E-state index in [2.05, 4.69) is 28.9 Å². The number of carbonyl (C=O) groups excluding carboxylic acids is 1. The summed E-state index contributed by atoms with van der Waals surface area (Å²) in [5.74, 6) is 0.590. The second-order valence-corrected chi connectivity index (χ2v) is 10.0. The van der Waals surface area contributed by atoms with Crippen molar-refractivity contribution in [1.82, 2.24) is 10.3 Å². The summed E-state index contributed by atoms with van der Waals surface area (Å²) in [6.07, 6.45) is 0.915. The third-order valence-electron chi connectivity index (χ3n) is 4.14. The van der Waals surface area contributed by atoms with Crippen LogP contribution in [0.5, 0.6) is 0 Å². The fourth-order valence-electron chi connectivity index (χ4n) is 2.54. The quantitative estimate of drug-likeness (QED) is 0.448. The summed E-state index contributed by atoms with van der Waals surface area (Å²) >= 11 is 7.19. The second kappa shape index (κ2) is 9.72. The van der Waals surface area contributed by atoms with Gasteiger partial charge in [0.2, 0.25) is 5.91 Å². The number of hydrogen-bond acceptors (Lipinski definition) is 6. The Morgan fingerprint density at radius 2 is 2.00 bits per heavy atom. The van der Waals surface area contributed by atoms with Crippen LogP contribution in [0.25, 0.3) is 11.1 Å². The second-order valence-electron chi connectivity index (χ2n) is 7.02. The molecule has 0 bridgehead atoms. The summed E-state index contributed by atoms with van der Waals surface area (Å²) in [5, 5.41) is 3.45. The number of sulfonamides is 1. The molecule has 1 aromatic heterocycles. The van der Waals surface area contributed by atoms with E-state index in [1.54, 1.807) is 30.3 Å². The van der Waals surface area contributed by atoms with Gasteiger partial charge in [0.05, 0.1) is 21.4 Å². The molecule has 0 saturated heterocycles. The number of nitrogens with one attached hydrogen (secondary N) is 2. The predicted octanol–water partition coefficient (Wildman–Crippen LogP) is 4.54. The third-order valence-corrected chi connectivity index (χ3v) is 6.66. The summed E-state index contributed by atoms with van der Waals surface area (Å²) in [6, 6.07) is 11.0. The Hall–Kier alpha value is -2.23. The number of anilines is 1. The lowest BCUT2D eigenvalue weighted by atomic mass is 10.1. The van der Waals surface area contributed by atoms with E-state index < -0.39 is 10.0 Å². The van der Waals surface area contributed by atoms with Crippen molar-refractivity contribution < 1.29 is 17.6 Å². The topological polar surface area (TPSA) is 101 Å². The summed E-state index contributed by atoms with van der Waals surface area (Å²) < 4.78 is 33.4. The van der Waals surface area contributed by atoms with Crippen LogP contribution < -0.4 is 10.0 Å². The van der Waals surface area contributed by atoms with Crippen molar-refractivity contribution in [3.8, 4) is 0 Å². The van der Waals surface area contributed by atoms with Crippen molar-refractivity contribution >= 4 is 56.1 Å². The van der Waals surface area contributed by atoms with Gasteiger partial charge in [0.15, 0.2) is 5.58 Å². The molecule has 7 nitrogen and oxygen atoms in total. The molecular weight excluding hydrogens is 446 g/mol. The summed E-state index contributed by atoms with van der Waals surface area (Å²) in [4.78, 5) is 16.2. The number of para-hydroxylation sites is 1. The van der Waals surface area contributed by atoms with Gasteiger partial charge in [0, 0.05) is 12.6 Å². The number of halogens is 1. The highest BCUT2D eigenvalue weighted by Gasteiger charge is 2.18. The number of amides is 1. The molecule has 0 saturated carbocycles. The van der Waals surface area contributed by atoms with Gasteiger partial charge >= 0.3 is 0 Å². The molecule has 1 heterocycles. The van der Waals surface area contributed by atoms with Crippen LogP contribution in [0.1, 0.15) is 20.3 Å².